The van der Waals surface area contributed by atoms with Gasteiger partial charge in [-0.05, 0) is 38.5 Å². The molecule has 2 rings (SSSR count). The fourth-order valence-corrected chi connectivity index (χ4v) is 1.96. The Balaban J connectivity index is 2.14. The maximum absolute atomic E-state index is 11.9. The van der Waals surface area contributed by atoms with Gasteiger partial charge in [0.05, 0.1) is 17.1 Å². The number of nitrogens with zero attached hydrogens (tertiary/aromatic N) is 2. The zero-order valence-corrected chi connectivity index (χ0v) is 11.5. The maximum Gasteiger partial charge on any atom is 0.251 e. The lowest BCUT2D eigenvalue weighted by Crippen LogP contribution is -2.26. The second-order valence-corrected chi connectivity index (χ2v) is 4.82. The number of fused-ring (bicyclic) bond motifs is 1. The third-order valence-electron chi connectivity index (χ3n) is 3.21. The number of carbonyl (C=O) groups excluding carboxylic acids is 1. The van der Waals surface area contributed by atoms with Crippen LogP contribution in [0.3, 0.4) is 0 Å². The van der Waals surface area contributed by atoms with E-state index in [-0.39, 0.29) is 5.91 Å². The van der Waals surface area contributed by atoms with Gasteiger partial charge in [-0.25, -0.2) is 4.98 Å². The lowest BCUT2D eigenvalue weighted by molar-refractivity contribution is 0.0945. The lowest BCUT2D eigenvalue weighted by Gasteiger charge is -2.06. The van der Waals surface area contributed by atoms with Crippen molar-refractivity contribution in [3.63, 3.8) is 0 Å². The molecule has 1 amide bonds. The first-order chi connectivity index (χ1) is 8.99. The van der Waals surface area contributed by atoms with Gasteiger partial charge in [0.25, 0.3) is 5.91 Å². The first-order valence-corrected chi connectivity index (χ1v) is 6.38. The van der Waals surface area contributed by atoms with Crippen LogP contribution < -0.4 is 5.32 Å². The fourth-order valence-electron chi connectivity index (χ4n) is 1.96. The van der Waals surface area contributed by atoms with E-state index in [1.807, 2.05) is 24.6 Å². The highest BCUT2D eigenvalue weighted by Crippen LogP contribution is 2.16. The maximum atomic E-state index is 11.9. The van der Waals surface area contributed by atoms with Crippen molar-refractivity contribution in [3.05, 3.63) is 29.6 Å². The summed E-state index contributed by atoms with van der Waals surface area (Å²) in [5, 5.41) is 11.9. The number of nitrogens with one attached hydrogen (secondary N) is 1. The molecule has 2 N–H and O–H groups in total. The summed E-state index contributed by atoms with van der Waals surface area (Å²) in [6, 6.07) is 5.49. The van der Waals surface area contributed by atoms with E-state index in [9.17, 15) is 4.79 Å². The number of aromatic nitrogens is 2. The van der Waals surface area contributed by atoms with Gasteiger partial charge >= 0.3 is 0 Å². The molecule has 0 radical (unpaired) electrons. The van der Waals surface area contributed by atoms with Crippen LogP contribution in [0.1, 0.15) is 29.5 Å². The van der Waals surface area contributed by atoms with Crippen molar-refractivity contribution in [2.24, 2.45) is 7.05 Å². The van der Waals surface area contributed by atoms with Crippen LogP contribution in [0.5, 0.6) is 0 Å². The molecular weight excluding hydrogens is 242 g/mol. The number of aryl methyl sites for hydroxylation is 2. The Morgan fingerprint density at radius 3 is 2.95 bits per heavy atom. The van der Waals surface area contributed by atoms with E-state index in [4.69, 9.17) is 5.11 Å². The van der Waals surface area contributed by atoms with Gasteiger partial charge in [0.1, 0.15) is 5.82 Å². The van der Waals surface area contributed by atoms with Crippen LogP contribution in [0.25, 0.3) is 11.0 Å². The minimum Gasteiger partial charge on any atom is -0.393 e. The third-order valence-corrected chi connectivity index (χ3v) is 3.21. The summed E-state index contributed by atoms with van der Waals surface area (Å²) in [6.07, 6.45) is 0.151. The minimum atomic E-state index is -0.402. The van der Waals surface area contributed by atoms with E-state index in [1.165, 1.54) is 0 Å². The summed E-state index contributed by atoms with van der Waals surface area (Å²) in [5.74, 6) is 0.785. The molecule has 19 heavy (non-hydrogen) atoms. The SMILES string of the molecule is Cc1nc2cc(C(=O)NCCC(C)O)ccc2n1C. The largest absolute Gasteiger partial charge is 0.393 e. The summed E-state index contributed by atoms with van der Waals surface area (Å²) in [5.41, 5.74) is 2.43. The van der Waals surface area contributed by atoms with Gasteiger partial charge in [-0.3, -0.25) is 4.79 Å². The van der Waals surface area contributed by atoms with Gasteiger partial charge in [0, 0.05) is 19.2 Å². The van der Waals surface area contributed by atoms with Crippen LogP contribution in [0.4, 0.5) is 0 Å². The summed E-state index contributed by atoms with van der Waals surface area (Å²) in [4.78, 5) is 16.3. The van der Waals surface area contributed by atoms with Crippen LogP contribution >= 0.6 is 0 Å². The molecule has 1 unspecified atom stereocenters. The minimum absolute atomic E-state index is 0.133. The zero-order valence-electron chi connectivity index (χ0n) is 11.5. The van der Waals surface area contributed by atoms with E-state index >= 15 is 0 Å². The molecule has 0 spiro atoms. The van der Waals surface area contributed by atoms with Crippen molar-refractivity contribution < 1.29 is 9.90 Å². The van der Waals surface area contributed by atoms with Gasteiger partial charge < -0.3 is 15.0 Å². The summed E-state index contributed by atoms with van der Waals surface area (Å²) < 4.78 is 1.99. The Kier molecular flexibility index (Phi) is 3.85. The second kappa shape index (κ2) is 5.40. The molecule has 0 aliphatic rings. The molecular formula is C14H19N3O2. The summed E-state index contributed by atoms with van der Waals surface area (Å²) in [7, 11) is 1.95. The molecule has 5 nitrogen and oxygen atoms in total. The predicted octanol–water partition coefficient (Wildman–Crippen LogP) is 1.38. The third kappa shape index (κ3) is 2.93. The molecule has 1 aromatic carbocycles. The van der Waals surface area contributed by atoms with Gasteiger partial charge in [-0.1, -0.05) is 0 Å². The first-order valence-electron chi connectivity index (χ1n) is 6.38. The van der Waals surface area contributed by atoms with Gasteiger partial charge in [-0.2, -0.15) is 0 Å². The van der Waals surface area contributed by atoms with Crippen LogP contribution in [0, 0.1) is 6.92 Å². The summed E-state index contributed by atoms with van der Waals surface area (Å²) >= 11 is 0. The van der Waals surface area contributed by atoms with Crippen molar-refractivity contribution in [1.82, 2.24) is 14.9 Å². The molecule has 0 saturated carbocycles. The Morgan fingerprint density at radius 2 is 2.26 bits per heavy atom. The predicted molar refractivity (Wildman–Crippen MR) is 74.1 cm³/mol. The molecule has 1 heterocycles. The average molecular weight is 261 g/mol. The fraction of sp³-hybridized carbons (Fsp3) is 0.429. The molecule has 1 atom stereocenters. The highest BCUT2D eigenvalue weighted by atomic mass is 16.3. The number of imidazole rings is 1. The average Bonchev–Trinajstić information content (AvgIpc) is 2.64. The van der Waals surface area contributed by atoms with Gasteiger partial charge in [0.2, 0.25) is 0 Å². The van der Waals surface area contributed by atoms with Crippen LogP contribution in [-0.4, -0.2) is 33.2 Å². The first kappa shape index (κ1) is 13.5. The Morgan fingerprint density at radius 1 is 1.53 bits per heavy atom. The van der Waals surface area contributed by atoms with E-state index in [0.29, 0.717) is 18.5 Å². The van der Waals surface area contributed by atoms with Crippen LogP contribution in [-0.2, 0) is 7.05 Å². The number of rotatable bonds is 4. The molecule has 5 heteroatoms. The number of aliphatic hydroxyl groups is 1. The van der Waals surface area contributed by atoms with E-state index in [2.05, 4.69) is 10.3 Å². The van der Waals surface area contributed by atoms with Crippen LogP contribution in [0.15, 0.2) is 18.2 Å². The second-order valence-electron chi connectivity index (χ2n) is 4.82. The summed E-state index contributed by atoms with van der Waals surface area (Å²) in [6.45, 7) is 4.10. The molecule has 102 valence electrons. The van der Waals surface area contributed by atoms with Crippen LogP contribution in [0.2, 0.25) is 0 Å². The number of benzene rings is 1. The molecule has 0 aliphatic carbocycles. The van der Waals surface area contributed by atoms with Gasteiger partial charge in [0.15, 0.2) is 0 Å². The van der Waals surface area contributed by atoms with Crippen molar-refractivity contribution >= 4 is 16.9 Å². The zero-order chi connectivity index (χ0) is 14.0. The monoisotopic (exact) mass is 261 g/mol. The number of hydrogen-bond donors (Lipinski definition) is 2. The van der Waals surface area contributed by atoms with E-state index in [0.717, 1.165) is 16.9 Å². The highest BCUT2D eigenvalue weighted by molar-refractivity contribution is 5.97. The lowest BCUT2D eigenvalue weighted by atomic mass is 10.2. The van der Waals surface area contributed by atoms with E-state index < -0.39 is 6.10 Å². The number of amides is 1. The Labute approximate surface area is 112 Å². The topological polar surface area (TPSA) is 67.2 Å². The van der Waals surface area contributed by atoms with Gasteiger partial charge in [-0.15, -0.1) is 0 Å². The standard InChI is InChI=1S/C14H19N3O2/c1-9(18)6-7-15-14(19)11-4-5-13-12(8-11)16-10(2)17(13)3/h4-5,8-9,18H,6-7H2,1-3H3,(H,15,19). The molecule has 1 aromatic heterocycles. The quantitative estimate of drug-likeness (QED) is 0.873. The molecule has 0 aliphatic heterocycles. The molecule has 2 aromatic rings. The number of carbonyl (C=O) groups is 1. The van der Waals surface area contributed by atoms with Crippen molar-refractivity contribution in [2.45, 2.75) is 26.4 Å². The Hall–Kier alpha value is -1.88. The van der Waals surface area contributed by atoms with Crippen molar-refractivity contribution in [3.8, 4) is 0 Å². The number of hydrogen-bond acceptors (Lipinski definition) is 3. The van der Waals surface area contributed by atoms with Crippen molar-refractivity contribution in [1.29, 1.82) is 0 Å². The molecule has 0 saturated heterocycles. The smallest absolute Gasteiger partial charge is 0.251 e. The highest BCUT2D eigenvalue weighted by Gasteiger charge is 2.09. The molecule has 0 bridgehead atoms. The Bertz CT molecular complexity index is 602. The van der Waals surface area contributed by atoms with Crippen molar-refractivity contribution in [2.75, 3.05) is 6.54 Å². The number of aliphatic hydroxyl groups excluding tert-OH is 1. The van der Waals surface area contributed by atoms with E-state index in [1.54, 1.807) is 19.1 Å². The molecule has 0 fully saturated rings. The normalized spacial score (nSPS) is 12.6.